The summed E-state index contributed by atoms with van der Waals surface area (Å²) < 4.78 is 13.9. The third kappa shape index (κ3) is 2.40. The lowest BCUT2D eigenvalue weighted by Gasteiger charge is -2.49. The van der Waals surface area contributed by atoms with Crippen molar-refractivity contribution in [3.05, 3.63) is 63.9 Å². The number of hydrogen-bond acceptors (Lipinski definition) is 3. The highest BCUT2D eigenvalue weighted by Gasteiger charge is 2.68. The molecule has 0 amide bonds. The first-order chi connectivity index (χ1) is 12.1. The molecule has 26 heavy (non-hydrogen) atoms. The quantitative estimate of drug-likeness (QED) is 0.670. The Balaban J connectivity index is 2.34. The molecule has 136 valence electrons. The lowest BCUT2D eigenvalue weighted by atomic mass is 9.62. The van der Waals surface area contributed by atoms with E-state index in [1.165, 1.54) is 12.1 Å². The maximum absolute atomic E-state index is 13.9. The van der Waals surface area contributed by atoms with E-state index in [9.17, 15) is 19.1 Å². The Morgan fingerprint density at radius 3 is 2.38 bits per heavy atom. The number of phenols is 1. The van der Waals surface area contributed by atoms with E-state index in [0.717, 1.165) is 12.1 Å². The number of carbonyl (C=O) groups excluding carboxylic acids is 2. The van der Waals surface area contributed by atoms with Crippen LogP contribution in [0.25, 0.3) is 0 Å². The van der Waals surface area contributed by atoms with Crippen molar-refractivity contribution >= 4 is 58.0 Å². The third-order valence-corrected chi connectivity index (χ3v) is 7.00. The van der Waals surface area contributed by atoms with Crippen molar-refractivity contribution in [2.24, 2.45) is 0 Å². The Labute approximate surface area is 168 Å². The molecule has 0 spiro atoms. The number of ketones is 2. The average Bonchev–Trinajstić information content (AvgIpc) is 2.62. The molecule has 3 rings (SSSR count). The van der Waals surface area contributed by atoms with Crippen LogP contribution in [-0.4, -0.2) is 26.4 Å². The molecule has 0 fully saturated rings. The summed E-state index contributed by atoms with van der Waals surface area (Å²) in [7, 11) is 0. The van der Waals surface area contributed by atoms with Gasteiger partial charge in [0.05, 0.1) is 0 Å². The predicted molar refractivity (Wildman–Crippen MR) is 99.6 cm³/mol. The fourth-order valence-corrected chi connectivity index (χ4v) is 4.87. The Morgan fingerprint density at radius 2 is 1.81 bits per heavy atom. The minimum Gasteiger partial charge on any atom is -0.505 e. The van der Waals surface area contributed by atoms with Gasteiger partial charge in [0.25, 0.3) is 0 Å². The van der Waals surface area contributed by atoms with Crippen LogP contribution in [-0.2, 0) is 9.59 Å². The lowest BCUT2D eigenvalue weighted by Crippen LogP contribution is -2.64. The number of fused-ring (bicyclic) bond motifs is 1. The number of Topliss-reactive ketones (excluding diaryl/α,β-unsaturated/α-hetero) is 2. The average molecular weight is 436 g/mol. The summed E-state index contributed by atoms with van der Waals surface area (Å²) in [6.45, 7) is 3.69. The summed E-state index contributed by atoms with van der Waals surface area (Å²) in [5.41, 5.74) is 0.708. The highest BCUT2D eigenvalue weighted by atomic mass is 35.5. The molecule has 2 aliphatic carbocycles. The zero-order chi connectivity index (χ0) is 19.4. The molecule has 0 aliphatic heterocycles. The summed E-state index contributed by atoms with van der Waals surface area (Å²) >= 11 is 25.1. The summed E-state index contributed by atoms with van der Waals surface area (Å²) in [6, 6.07) is 3.53. The minimum atomic E-state index is -2.04. The molecule has 3 nitrogen and oxygen atoms in total. The van der Waals surface area contributed by atoms with E-state index in [1.807, 2.05) is 0 Å². The van der Waals surface area contributed by atoms with Crippen LogP contribution in [0.1, 0.15) is 17.9 Å². The Hall–Kier alpha value is -1.33. The molecule has 0 radical (unpaired) electrons. The first-order valence-corrected chi connectivity index (χ1v) is 8.94. The Kier molecular flexibility index (Phi) is 4.77. The smallest absolute Gasteiger partial charge is 0.199 e. The second-order valence-electron chi connectivity index (χ2n) is 6.06. The van der Waals surface area contributed by atoms with Crippen LogP contribution in [0.3, 0.4) is 0 Å². The van der Waals surface area contributed by atoms with Crippen LogP contribution in [0.2, 0.25) is 0 Å². The van der Waals surface area contributed by atoms with Gasteiger partial charge < -0.3 is 5.11 Å². The Morgan fingerprint density at radius 1 is 1.19 bits per heavy atom. The fourth-order valence-electron chi connectivity index (χ4n) is 3.41. The summed E-state index contributed by atoms with van der Waals surface area (Å²) in [6.07, 6.45) is 2.97. The highest BCUT2D eigenvalue weighted by molar-refractivity contribution is 6.66. The first-order valence-electron chi connectivity index (χ1n) is 7.43. The molecule has 0 saturated carbocycles. The topological polar surface area (TPSA) is 54.4 Å². The number of benzene rings is 1. The fraction of sp³-hybridized carbons (Fsp3) is 0.222. The number of aromatic hydroxyl groups is 1. The van der Waals surface area contributed by atoms with Gasteiger partial charge in [-0.2, -0.15) is 0 Å². The standard InChI is InChI=1S/C18H11Cl4FO3/c1-2-8-5-6-17(21)15(25)13(19)14(20)16(26)18(17,22)12(8)9-3-4-11(24)10(23)7-9/h2-5,7,12,24H,1,6H2/t12-,17-,18+/m1/s1. The van der Waals surface area contributed by atoms with E-state index in [4.69, 9.17) is 46.4 Å². The van der Waals surface area contributed by atoms with E-state index in [0.29, 0.717) is 5.57 Å². The van der Waals surface area contributed by atoms with Crippen molar-refractivity contribution < 1.29 is 19.1 Å². The van der Waals surface area contributed by atoms with E-state index < -0.39 is 48.9 Å². The Bertz CT molecular complexity index is 923. The molecular formula is C18H11Cl4FO3. The van der Waals surface area contributed by atoms with Crippen LogP contribution >= 0.6 is 46.4 Å². The SMILES string of the molecule is C=CC1=CC[C@@]2(Cl)C(=O)C(Cl)=C(Cl)C(=O)[C@@]2(Cl)[C@H]1c1ccc(O)c(F)c1. The van der Waals surface area contributed by atoms with Crippen molar-refractivity contribution in [3.63, 3.8) is 0 Å². The van der Waals surface area contributed by atoms with Crippen LogP contribution in [0.15, 0.2) is 52.6 Å². The number of rotatable bonds is 2. The van der Waals surface area contributed by atoms with Gasteiger partial charge in [0.2, 0.25) is 0 Å². The molecule has 1 aromatic rings. The van der Waals surface area contributed by atoms with Crippen LogP contribution < -0.4 is 0 Å². The zero-order valence-corrected chi connectivity index (χ0v) is 16.1. The van der Waals surface area contributed by atoms with Gasteiger partial charge in [0.1, 0.15) is 19.8 Å². The van der Waals surface area contributed by atoms with Crippen LogP contribution in [0.4, 0.5) is 4.39 Å². The first kappa shape index (κ1) is 19.4. The highest BCUT2D eigenvalue weighted by Crippen LogP contribution is 2.59. The normalized spacial score (nSPS) is 31.6. The zero-order valence-electron chi connectivity index (χ0n) is 13.0. The van der Waals surface area contributed by atoms with Gasteiger partial charge in [-0.3, -0.25) is 9.59 Å². The number of phenolic OH excluding ortho intramolecular Hbond substituents is 1. The van der Waals surface area contributed by atoms with Crippen molar-refractivity contribution in [1.82, 2.24) is 0 Å². The van der Waals surface area contributed by atoms with E-state index in [2.05, 4.69) is 6.58 Å². The number of allylic oxidation sites excluding steroid dienone is 5. The van der Waals surface area contributed by atoms with Gasteiger partial charge in [0, 0.05) is 5.92 Å². The van der Waals surface area contributed by atoms with Crippen molar-refractivity contribution in [1.29, 1.82) is 0 Å². The molecule has 1 aromatic carbocycles. The lowest BCUT2D eigenvalue weighted by molar-refractivity contribution is -0.127. The molecule has 3 atom stereocenters. The third-order valence-electron chi connectivity index (χ3n) is 4.75. The second kappa shape index (κ2) is 6.38. The number of alkyl halides is 2. The predicted octanol–water partition coefficient (Wildman–Crippen LogP) is 4.93. The minimum absolute atomic E-state index is 0.0819. The summed E-state index contributed by atoms with van der Waals surface area (Å²) in [5, 5.41) is 8.45. The maximum Gasteiger partial charge on any atom is 0.199 e. The second-order valence-corrected chi connectivity index (χ2v) is 8.05. The molecule has 0 aromatic heterocycles. The number of carbonyl (C=O) groups is 2. The molecule has 1 N–H and O–H groups in total. The van der Waals surface area contributed by atoms with Crippen molar-refractivity contribution in [2.75, 3.05) is 0 Å². The van der Waals surface area contributed by atoms with E-state index >= 15 is 0 Å². The number of halogens is 5. The van der Waals surface area contributed by atoms with Gasteiger partial charge in [0.15, 0.2) is 23.1 Å². The molecule has 0 bridgehead atoms. The molecule has 8 heteroatoms. The molecule has 2 aliphatic rings. The van der Waals surface area contributed by atoms with Gasteiger partial charge >= 0.3 is 0 Å². The van der Waals surface area contributed by atoms with E-state index in [-0.39, 0.29) is 12.0 Å². The largest absolute Gasteiger partial charge is 0.505 e. The monoisotopic (exact) mass is 434 g/mol. The molecule has 0 heterocycles. The van der Waals surface area contributed by atoms with Gasteiger partial charge in [-0.1, -0.05) is 48.0 Å². The maximum atomic E-state index is 13.9. The molecular weight excluding hydrogens is 425 g/mol. The van der Waals surface area contributed by atoms with Gasteiger partial charge in [-0.15, -0.1) is 23.2 Å². The van der Waals surface area contributed by atoms with Crippen molar-refractivity contribution in [3.8, 4) is 5.75 Å². The van der Waals surface area contributed by atoms with Gasteiger partial charge in [-0.25, -0.2) is 4.39 Å². The van der Waals surface area contributed by atoms with Crippen LogP contribution in [0, 0.1) is 5.82 Å². The van der Waals surface area contributed by atoms with E-state index in [1.54, 1.807) is 6.08 Å². The summed E-state index contributed by atoms with van der Waals surface area (Å²) in [5.74, 6) is -4.11. The molecule has 0 unspecified atom stereocenters. The van der Waals surface area contributed by atoms with Crippen molar-refractivity contribution in [2.45, 2.75) is 22.1 Å². The summed E-state index contributed by atoms with van der Waals surface area (Å²) in [4.78, 5) is 21.8. The van der Waals surface area contributed by atoms with Gasteiger partial charge in [-0.05, 0) is 29.7 Å². The van der Waals surface area contributed by atoms with Crippen LogP contribution in [0.5, 0.6) is 5.75 Å². The molecule has 0 saturated heterocycles. The number of hydrogen-bond donors (Lipinski definition) is 1.